The Morgan fingerprint density at radius 2 is 2.20 bits per heavy atom. The smallest absolute Gasteiger partial charge is 0.170 e. The molecule has 3 heterocycles. The lowest BCUT2D eigenvalue weighted by Crippen LogP contribution is -2.30. The Balaban J connectivity index is 1.99. The molecule has 0 saturated carbocycles. The van der Waals surface area contributed by atoms with Gasteiger partial charge < -0.3 is 15.2 Å². The van der Waals surface area contributed by atoms with Gasteiger partial charge in [-0.3, -0.25) is 4.98 Å². The molecule has 0 unspecified atom stereocenters. The summed E-state index contributed by atoms with van der Waals surface area (Å²) in [5.74, 6) is 0. The van der Waals surface area contributed by atoms with E-state index in [4.69, 9.17) is 12.2 Å². The summed E-state index contributed by atoms with van der Waals surface area (Å²) in [7, 11) is 0. The molecule has 104 valence electrons. The molecule has 1 saturated heterocycles. The molecule has 5 heteroatoms. The van der Waals surface area contributed by atoms with Gasteiger partial charge in [-0.1, -0.05) is 13.0 Å². The molecule has 2 aromatic rings. The number of hydrogen-bond donors (Lipinski definition) is 2. The molecule has 0 aliphatic carbocycles. The number of hydrogen-bond acceptors (Lipinski definition) is 2. The third kappa shape index (κ3) is 2.29. The summed E-state index contributed by atoms with van der Waals surface area (Å²) in [6, 6.07) is 10.4. The standard InChI is InChI=1S/C15H18N4S/c1-2-10-19-14(12-7-5-9-17-12)13(18-15(19)20)11-6-3-4-8-16-11/h3-9,13-14,17H,2,10H2,1H3,(H,18,20)/t13-,14-/m0/s1. The summed E-state index contributed by atoms with van der Waals surface area (Å²) in [6.07, 6.45) is 4.85. The van der Waals surface area contributed by atoms with Crippen molar-refractivity contribution in [2.75, 3.05) is 6.54 Å². The van der Waals surface area contributed by atoms with Crippen LogP contribution in [-0.2, 0) is 0 Å². The summed E-state index contributed by atoms with van der Waals surface area (Å²) in [4.78, 5) is 10.1. The molecule has 3 rings (SSSR count). The number of thiocarbonyl (C=S) groups is 1. The molecule has 4 nitrogen and oxygen atoms in total. The summed E-state index contributed by atoms with van der Waals surface area (Å²) in [5.41, 5.74) is 2.19. The number of nitrogens with zero attached hydrogens (tertiary/aromatic N) is 2. The summed E-state index contributed by atoms with van der Waals surface area (Å²) < 4.78 is 0. The Kier molecular flexibility index (Phi) is 3.69. The largest absolute Gasteiger partial charge is 0.363 e. The molecular formula is C15H18N4S. The molecule has 2 N–H and O–H groups in total. The summed E-state index contributed by atoms with van der Waals surface area (Å²) in [5, 5.41) is 4.23. The van der Waals surface area contributed by atoms with E-state index in [0.717, 1.165) is 23.8 Å². The molecule has 2 aromatic heterocycles. The van der Waals surface area contributed by atoms with E-state index in [1.54, 1.807) is 0 Å². The molecule has 0 aromatic carbocycles. The monoisotopic (exact) mass is 286 g/mol. The van der Waals surface area contributed by atoms with Gasteiger partial charge in [-0.25, -0.2) is 0 Å². The first kappa shape index (κ1) is 13.1. The second-order valence-corrected chi connectivity index (χ2v) is 5.33. The van der Waals surface area contributed by atoms with E-state index >= 15 is 0 Å². The number of H-pyrrole nitrogens is 1. The third-order valence-corrected chi connectivity index (χ3v) is 3.96. The maximum absolute atomic E-state index is 5.51. The predicted octanol–water partition coefficient (Wildman–Crippen LogP) is 2.79. The number of pyridine rings is 1. The molecule has 0 spiro atoms. The second kappa shape index (κ2) is 5.63. The lowest BCUT2D eigenvalue weighted by Gasteiger charge is -2.26. The fourth-order valence-electron chi connectivity index (χ4n) is 2.75. The van der Waals surface area contributed by atoms with Crippen LogP contribution < -0.4 is 5.32 Å². The number of aromatic amines is 1. The third-order valence-electron chi connectivity index (χ3n) is 3.60. The van der Waals surface area contributed by atoms with Crippen LogP contribution in [-0.4, -0.2) is 26.5 Å². The van der Waals surface area contributed by atoms with E-state index in [9.17, 15) is 0 Å². The van der Waals surface area contributed by atoms with Crippen molar-refractivity contribution in [2.45, 2.75) is 25.4 Å². The maximum atomic E-state index is 5.51. The van der Waals surface area contributed by atoms with E-state index < -0.39 is 0 Å². The molecule has 20 heavy (non-hydrogen) atoms. The van der Waals surface area contributed by atoms with Gasteiger partial charge in [0.05, 0.1) is 17.8 Å². The lowest BCUT2D eigenvalue weighted by atomic mass is 10.0. The van der Waals surface area contributed by atoms with Crippen molar-refractivity contribution in [3.05, 3.63) is 54.1 Å². The van der Waals surface area contributed by atoms with Crippen molar-refractivity contribution in [3.8, 4) is 0 Å². The van der Waals surface area contributed by atoms with Gasteiger partial charge in [0.25, 0.3) is 0 Å². The minimum absolute atomic E-state index is 0.0916. The van der Waals surface area contributed by atoms with Crippen molar-refractivity contribution in [1.29, 1.82) is 0 Å². The average molecular weight is 286 g/mol. The van der Waals surface area contributed by atoms with Crippen LogP contribution in [0.15, 0.2) is 42.7 Å². The molecule has 0 radical (unpaired) electrons. The zero-order valence-corrected chi connectivity index (χ0v) is 12.2. The van der Waals surface area contributed by atoms with Crippen molar-refractivity contribution >= 4 is 17.3 Å². The Morgan fingerprint density at radius 1 is 1.30 bits per heavy atom. The van der Waals surface area contributed by atoms with Gasteiger partial charge in [-0.15, -0.1) is 0 Å². The van der Waals surface area contributed by atoms with Crippen LogP contribution >= 0.6 is 12.2 Å². The molecule has 1 fully saturated rings. The van der Waals surface area contributed by atoms with Crippen LogP contribution in [0.1, 0.15) is 36.8 Å². The first-order valence-electron chi connectivity index (χ1n) is 6.92. The van der Waals surface area contributed by atoms with E-state index in [1.165, 1.54) is 5.69 Å². The molecule has 1 aliphatic heterocycles. The van der Waals surface area contributed by atoms with Gasteiger partial charge in [-0.2, -0.15) is 0 Å². The minimum Gasteiger partial charge on any atom is -0.363 e. The highest BCUT2D eigenvalue weighted by atomic mass is 32.1. The molecule has 1 aliphatic rings. The molecular weight excluding hydrogens is 268 g/mol. The Labute approximate surface area is 124 Å². The predicted molar refractivity (Wildman–Crippen MR) is 83.2 cm³/mol. The zero-order chi connectivity index (χ0) is 13.9. The van der Waals surface area contributed by atoms with Gasteiger partial charge in [0.15, 0.2) is 5.11 Å². The van der Waals surface area contributed by atoms with Crippen LogP contribution in [0.3, 0.4) is 0 Å². The van der Waals surface area contributed by atoms with E-state index in [1.807, 2.05) is 36.7 Å². The maximum Gasteiger partial charge on any atom is 0.170 e. The Hall–Kier alpha value is -1.88. The van der Waals surface area contributed by atoms with E-state index in [-0.39, 0.29) is 12.1 Å². The van der Waals surface area contributed by atoms with Gasteiger partial charge >= 0.3 is 0 Å². The fraction of sp³-hybridized carbons (Fsp3) is 0.333. The average Bonchev–Trinajstić information content (AvgIpc) is 3.09. The Bertz CT molecular complexity index is 567. The summed E-state index contributed by atoms with van der Waals surface area (Å²) >= 11 is 5.51. The number of rotatable bonds is 4. The fourth-order valence-corrected chi connectivity index (χ4v) is 3.09. The molecule has 0 bridgehead atoms. The van der Waals surface area contributed by atoms with Crippen molar-refractivity contribution in [3.63, 3.8) is 0 Å². The van der Waals surface area contributed by atoms with Crippen molar-refractivity contribution < 1.29 is 0 Å². The zero-order valence-electron chi connectivity index (χ0n) is 11.4. The highest BCUT2D eigenvalue weighted by Crippen LogP contribution is 2.37. The quantitative estimate of drug-likeness (QED) is 0.848. The van der Waals surface area contributed by atoms with Gasteiger partial charge in [0.2, 0.25) is 0 Å². The topological polar surface area (TPSA) is 44.0 Å². The van der Waals surface area contributed by atoms with Gasteiger partial charge in [0, 0.05) is 24.6 Å². The van der Waals surface area contributed by atoms with Gasteiger partial charge in [-0.05, 0) is 42.9 Å². The highest BCUT2D eigenvalue weighted by molar-refractivity contribution is 7.80. The molecule has 0 amide bonds. The first-order chi connectivity index (χ1) is 9.81. The SMILES string of the molecule is CCCN1C(=S)N[C@@H](c2ccccn2)[C@@H]1c1ccc[nH]1. The highest BCUT2D eigenvalue weighted by Gasteiger charge is 2.39. The number of aromatic nitrogens is 2. The number of nitrogens with one attached hydrogen (secondary N) is 2. The van der Waals surface area contributed by atoms with Crippen LogP contribution in [0.5, 0.6) is 0 Å². The van der Waals surface area contributed by atoms with Crippen molar-refractivity contribution in [2.24, 2.45) is 0 Å². The van der Waals surface area contributed by atoms with Crippen LogP contribution in [0, 0.1) is 0 Å². The van der Waals surface area contributed by atoms with Crippen LogP contribution in [0.2, 0.25) is 0 Å². The Morgan fingerprint density at radius 3 is 2.85 bits per heavy atom. The normalized spacial score (nSPS) is 22.1. The second-order valence-electron chi connectivity index (χ2n) is 4.95. The van der Waals surface area contributed by atoms with Crippen LogP contribution in [0.4, 0.5) is 0 Å². The minimum atomic E-state index is 0.0916. The van der Waals surface area contributed by atoms with Gasteiger partial charge in [0.1, 0.15) is 0 Å². The van der Waals surface area contributed by atoms with E-state index in [2.05, 4.69) is 33.2 Å². The first-order valence-corrected chi connectivity index (χ1v) is 7.33. The lowest BCUT2D eigenvalue weighted by molar-refractivity contribution is 0.312. The van der Waals surface area contributed by atoms with E-state index in [0.29, 0.717) is 0 Å². The van der Waals surface area contributed by atoms with Crippen molar-refractivity contribution in [1.82, 2.24) is 20.2 Å². The summed E-state index contributed by atoms with van der Waals surface area (Å²) in [6.45, 7) is 3.11. The molecule has 2 atom stereocenters. The van der Waals surface area contributed by atoms with Crippen LogP contribution in [0.25, 0.3) is 0 Å².